The van der Waals surface area contributed by atoms with Gasteiger partial charge in [0.1, 0.15) is 17.4 Å². The summed E-state index contributed by atoms with van der Waals surface area (Å²) in [7, 11) is 0. The summed E-state index contributed by atoms with van der Waals surface area (Å²) in [5.41, 5.74) is 10.1. The van der Waals surface area contributed by atoms with Crippen molar-refractivity contribution >= 4 is 16.8 Å². The number of aryl methyl sites for hydroxylation is 1. The molecular weight excluding hydrogens is 796 g/mol. The number of aromatic hydroxyl groups is 1. The van der Waals surface area contributed by atoms with Gasteiger partial charge in [0.15, 0.2) is 0 Å². The molecule has 1 aromatic heterocycles. The van der Waals surface area contributed by atoms with E-state index in [9.17, 15) is 9.90 Å². The van der Waals surface area contributed by atoms with Gasteiger partial charge >= 0.3 is 0 Å². The van der Waals surface area contributed by atoms with E-state index in [1.54, 1.807) is 0 Å². The number of carbonyl (C=O) groups is 1. The average Bonchev–Trinajstić information content (AvgIpc) is 3.45. The van der Waals surface area contributed by atoms with Crippen LogP contribution in [0.15, 0.2) is 97.1 Å². The predicted molar refractivity (Wildman–Crippen MR) is 202 cm³/mol. The topological polar surface area (TPSA) is 55.1 Å². The molecule has 1 heterocycles. The molecule has 4 nitrogen and oxygen atoms in total. The minimum Gasteiger partial charge on any atom is -0.507 e. The third-order valence-corrected chi connectivity index (χ3v) is 10.1. The van der Waals surface area contributed by atoms with Gasteiger partial charge in [0.2, 0.25) is 0 Å². The summed E-state index contributed by atoms with van der Waals surface area (Å²) in [5.74, 6) is 1.04. The van der Waals surface area contributed by atoms with E-state index in [1.807, 2.05) is 19.9 Å². The van der Waals surface area contributed by atoms with E-state index in [4.69, 9.17) is 4.98 Å². The van der Waals surface area contributed by atoms with Crippen LogP contribution in [-0.2, 0) is 38.3 Å². The van der Waals surface area contributed by atoms with Gasteiger partial charge < -0.3 is 9.90 Å². The van der Waals surface area contributed by atoms with Crippen LogP contribution in [0.1, 0.15) is 88.9 Å². The first-order valence-corrected chi connectivity index (χ1v) is 17.3. The van der Waals surface area contributed by atoms with Crippen LogP contribution < -0.4 is 0 Å². The van der Waals surface area contributed by atoms with Crippen molar-refractivity contribution in [2.75, 3.05) is 0 Å². The molecule has 0 atom stereocenters. The minimum absolute atomic E-state index is 0. The molecule has 0 fully saturated rings. The van der Waals surface area contributed by atoms with Gasteiger partial charge in [-0.15, -0.1) is 29.3 Å². The van der Waals surface area contributed by atoms with E-state index in [2.05, 4.69) is 143 Å². The Morgan fingerprint density at radius 2 is 1.46 bits per heavy atom. The normalized spacial score (nSPS) is 14.4. The largest absolute Gasteiger partial charge is 0.507 e. The van der Waals surface area contributed by atoms with E-state index < -0.39 is 5.41 Å². The molecule has 0 saturated carbocycles. The molecular formula is C45H45N2O2Pt-. The summed E-state index contributed by atoms with van der Waals surface area (Å²) in [6, 6.07) is 36.9. The molecule has 0 unspecified atom stereocenters. The standard InChI is InChI=1S/C45H45N2O2.Pt/c1-43(2,3)31-26-35(40(48)36(27-31)44(4,5)6)42-46-39-33(30-22-21-29-23-24-45(7,8)41(49)34(29)25-30)18-14-20-38(39)47(42)37-19-13-12-17-32(37)28-15-10-9-11-16-28;/h9-22,26-27,48H,23-24H2,1-8H3;/q-1;. The second-order valence-electron chi connectivity index (χ2n) is 16.2. The number of benzene rings is 5. The summed E-state index contributed by atoms with van der Waals surface area (Å²) in [6.45, 7) is 17.1. The first kappa shape index (κ1) is 35.6. The minimum atomic E-state index is -0.412. The number of phenolic OH excluding ortho intramolecular Hbond substituents is 1. The second-order valence-corrected chi connectivity index (χ2v) is 16.2. The zero-order chi connectivity index (χ0) is 34.9. The SMILES string of the molecule is CC1(C)CCc2ccc(-c3cccc4c3nc(-c3cc(C(C)(C)C)cc(C(C)(C)C)c3O)n4-c3ccccc3-c3ccccc3)[c-]c2C1=O.[Pt]. The zero-order valence-corrected chi connectivity index (χ0v) is 32.5. The second kappa shape index (κ2) is 12.8. The molecule has 1 aliphatic carbocycles. The number of para-hydroxylation sites is 2. The first-order valence-electron chi connectivity index (χ1n) is 17.3. The van der Waals surface area contributed by atoms with Gasteiger partial charge in [-0.25, -0.2) is 4.98 Å². The molecule has 1 N–H and O–H groups in total. The number of ketones is 1. The van der Waals surface area contributed by atoms with E-state index in [1.165, 1.54) is 0 Å². The van der Waals surface area contributed by atoms with Crippen LogP contribution in [0.5, 0.6) is 5.75 Å². The van der Waals surface area contributed by atoms with Crippen molar-refractivity contribution in [2.45, 2.75) is 79.1 Å². The Morgan fingerprint density at radius 1 is 0.780 bits per heavy atom. The third-order valence-electron chi connectivity index (χ3n) is 10.1. The Labute approximate surface area is 310 Å². The third kappa shape index (κ3) is 6.17. The van der Waals surface area contributed by atoms with Gasteiger partial charge in [0.05, 0.1) is 22.3 Å². The molecule has 0 radical (unpaired) electrons. The number of hydrogen-bond donors (Lipinski definition) is 1. The number of aromatic nitrogens is 2. The maximum atomic E-state index is 13.6. The van der Waals surface area contributed by atoms with E-state index in [0.717, 1.165) is 68.5 Å². The van der Waals surface area contributed by atoms with Crippen LogP contribution in [0, 0.1) is 11.5 Å². The molecule has 0 saturated heterocycles. The van der Waals surface area contributed by atoms with Gasteiger partial charge in [0, 0.05) is 32.2 Å². The summed E-state index contributed by atoms with van der Waals surface area (Å²) >= 11 is 0. The Hall–Kier alpha value is -4.27. The van der Waals surface area contributed by atoms with Crippen molar-refractivity contribution in [1.82, 2.24) is 9.55 Å². The number of imidazole rings is 1. The predicted octanol–water partition coefficient (Wildman–Crippen LogP) is 11.3. The van der Waals surface area contributed by atoms with Crippen molar-refractivity contribution in [3.05, 3.63) is 125 Å². The Bertz CT molecular complexity index is 2250. The Balaban J connectivity index is 0.00000432. The number of rotatable bonds is 4. The molecule has 0 bridgehead atoms. The van der Waals surface area contributed by atoms with E-state index in [0.29, 0.717) is 17.0 Å². The van der Waals surface area contributed by atoms with Crippen LogP contribution >= 0.6 is 0 Å². The molecule has 5 heteroatoms. The van der Waals surface area contributed by atoms with Crippen LogP contribution in [0.2, 0.25) is 0 Å². The van der Waals surface area contributed by atoms with Crippen molar-refractivity contribution in [2.24, 2.45) is 5.41 Å². The summed E-state index contributed by atoms with van der Waals surface area (Å²) < 4.78 is 2.20. The van der Waals surface area contributed by atoms with Crippen LogP contribution in [-0.4, -0.2) is 20.4 Å². The van der Waals surface area contributed by atoms with Crippen molar-refractivity contribution < 1.29 is 31.0 Å². The van der Waals surface area contributed by atoms with Crippen LogP contribution in [0.3, 0.4) is 0 Å². The molecule has 0 aliphatic heterocycles. The Morgan fingerprint density at radius 3 is 2.16 bits per heavy atom. The van der Waals surface area contributed by atoms with E-state index in [-0.39, 0.29) is 43.4 Å². The number of carbonyl (C=O) groups excluding carboxylic acids is 1. The monoisotopic (exact) mass is 840 g/mol. The number of phenols is 1. The molecule has 258 valence electrons. The first-order chi connectivity index (χ1) is 23.1. The fourth-order valence-electron chi connectivity index (χ4n) is 7.07. The zero-order valence-electron chi connectivity index (χ0n) is 30.2. The number of Topliss-reactive ketones (excluding diaryl/α,β-unsaturated/α-hetero) is 1. The average molecular weight is 841 g/mol. The molecule has 7 rings (SSSR count). The van der Waals surface area contributed by atoms with Gasteiger partial charge in [-0.1, -0.05) is 140 Å². The number of hydrogen-bond acceptors (Lipinski definition) is 3. The van der Waals surface area contributed by atoms with Crippen LogP contribution in [0.4, 0.5) is 0 Å². The van der Waals surface area contributed by atoms with Crippen LogP contribution in [0.25, 0.3) is 50.4 Å². The molecule has 50 heavy (non-hydrogen) atoms. The maximum Gasteiger partial charge on any atom is 0.148 e. The fraction of sp³-hybridized carbons (Fsp3) is 0.289. The van der Waals surface area contributed by atoms with Crippen molar-refractivity contribution in [1.29, 1.82) is 0 Å². The smallest absolute Gasteiger partial charge is 0.148 e. The van der Waals surface area contributed by atoms with Gasteiger partial charge in [-0.3, -0.25) is 4.57 Å². The number of fused-ring (bicyclic) bond motifs is 2. The molecule has 5 aromatic carbocycles. The summed E-state index contributed by atoms with van der Waals surface area (Å²) in [4.78, 5) is 19.0. The summed E-state index contributed by atoms with van der Waals surface area (Å²) in [5, 5.41) is 12.2. The summed E-state index contributed by atoms with van der Waals surface area (Å²) in [6.07, 6.45) is 1.70. The molecule has 0 amide bonds. The molecule has 6 aromatic rings. The van der Waals surface area contributed by atoms with Gasteiger partial charge in [0.25, 0.3) is 0 Å². The number of nitrogens with zero attached hydrogens (tertiary/aromatic N) is 2. The quantitative estimate of drug-likeness (QED) is 0.180. The maximum absolute atomic E-state index is 13.6. The van der Waals surface area contributed by atoms with Crippen molar-refractivity contribution in [3.8, 4) is 45.1 Å². The molecule has 0 spiro atoms. The Kier molecular flexibility index (Phi) is 9.10. The molecule has 1 aliphatic rings. The van der Waals surface area contributed by atoms with Crippen molar-refractivity contribution in [3.63, 3.8) is 0 Å². The van der Waals surface area contributed by atoms with Gasteiger partial charge in [-0.05, 0) is 52.0 Å². The van der Waals surface area contributed by atoms with Gasteiger partial charge in [-0.2, -0.15) is 0 Å². The fourth-order valence-corrected chi connectivity index (χ4v) is 7.07. The van der Waals surface area contributed by atoms with E-state index >= 15 is 0 Å².